The van der Waals surface area contributed by atoms with Crippen molar-refractivity contribution in [2.75, 3.05) is 23.0 Å². The number of aryl methyl sites for hydroxylation is 1. The van der Waals surface area contributed by atoms with Gasteiger partial charge in [-0.1, -0.05) is 6.92 Å². The smallest absolute Gasteiger partial charge is 0.414 e. The van der Waals surface area contributed by atoms with Gasteiger partial charge < -0.3 is 14.7 Å². The summed E-state index contributed by atoms with van der Waals surface area (Å²) in [6.07, 6.45) is -0.191. The van der Waals surface area contributed by atoms with Crippen LogP contribution >= 0.6 is 0 Å². The minimum absolute atomic E-state index is 0.0535. The molecule has 0 radical (unpaired) electrons. The van der Waals surface area contributed by atoms with E-state index in [2.05, 4.69) is 0 Å². The van der Waals surface area contributed by atoms with Crippen LogP contribution in [0.4, 0.5) is 29.3 Å². The fraction of sp³-hybridized carbons (Fsp3) is 0.333. The Bertz CT molecular complexity index is 1010. The second-order valence-corrected chi connectivity index (χ2v) is 6.90. The van der Waals surface area contributed by atoms with E-state index in [1.54, 1.807) is 20.8 Å². The first-order valence-corrected chi connectivity index (χ1v) is 9.46. The molecule has 0 saturated carbocycles. The Morgan fingerprint density at radius 2 is 1.83 bits per heavy atom. The second kappa shape index (κ2) is 8.25. The van der Waals surface area contributed by atoms with Gasteiger partial charge in [0.1, 0.15) is 5.75 Å². The van der Waals surface area contributed by atoms with Crippen molar-refractivity contribution in [3.8, 4) is 5.75 Å². The molecule has 0 fully saturated rings. The lowest BCUT2D eigenvalue weighted by Crippen LogP contribution is -2.53. The van der Waals surface area contributed by atoms with Gasteiger partial charge in [0.25, 0.3) is 5.91 Å². The van der Waals surface area contributed by atoms with Crippen LogP contribution in [0.2, 0.25) is 0 Å². The van der Waals surface area contributed by atoms with E-state index < -0.39 is 41.1 Å². The number of halogens is 3. The zero-order valence-electron chi connectivity index (χ0n) is 16.7. The number of hydrogen-bond donors (Lipinski definition) is 1. The molecule has 6 nitrogen and oxygen atoms in total. The molecule has 1 aliphatic rings. The van der Waals surface area contributed by atoms with E-state index in [4.69, 9.17) is 4.74 Å². The largest absolute Gasteiger partial charge is 0.508 e. The van der Waals surface area contributed by atoms with E-state index in [-0.39, 0.29) is 30.3 Å². The Morgan fingerprint density at radius 3 is 2.47 bits per heavy atom. The summed E-state index contributed by atoms with van der Waals surface area (Å²) in [6, 6.07) is 3.81. The van der Waals surface area contributed by atoms with Crippen molar-refractivity contribution >= 4 is 23.4 Å². The summed E-state index contributed by atoms with van der Waals surface area (Å²) in [5, 5.41) is 10.2. The Hall–Kier alpha value is -3.23. The molecule has 160 valence electrons. The highest BCUT2D eigenvalue weighted by molar-refractivity contribution is 6.10. The average molecular weight is 422 g/mol. The lowest BCUT2D eigenvalue weighted by molar-refractivity contribution is 0.0976. The molecule has 0 aromatic heterocycles. The maximum Gasteiger partial charge on any atom is 0.414 e. The number of aromatic hydroxyl groups is 1. The zero-order chi connectivity index (χ0) is 22.2. The van der Waals surface area contributed by atoms with E-state index in [1.807, 2.05) is 0 Å². The number of benzene rings is 2. The van der Waals surface area contributed by atoms with Gasteiger partial charge in [0, 0.05) is 12.6 Å². The van der Waals surface area contributed by atoms with Crippen LogP contribution in [0.3, 0.4) is 0 Å². The Kier molecular flexibility index (Phi) is 5.91. The monoisotopic (exact) mass is 422 g/mol. The average Bonchev–Trinajstić information content (AvgIpc) is 2.71. The third kappa shape index (κ3) is 3.55. The minimum Gasteiger partial charge on any atom is -0.508 e. The highest BCUT2D eigenvalue weighted by Crippen LogP contribution is 2.41. The van der Waals surface area contributed by atoms with Gasteiger partial charge in [-0.3, -0.25) is 9.69 Å². The van der Waals surface area contributed by atoms with Gasteiger partial charge in [0.05, 0.1) is 29.6 Å². The number of amides is 2. The van der Waals surface area contributed by atoms with Crippen molar-refractivity contribution < 1.29 is 32.6 Å². The molecule has 0 aliphatic carbocycles. The summed E-state index contributed by atoms with van der Waals surface area (Å²) >= 11 is 0. The lowest BCUT2D eigenvalue weighted by atomic mass is 10.0. The van der Waals surface area contributed by atoms with Gasteiger partial charge in [0.2, 0.25) is 0 Å². The maximum atomic E-state index is 14.3. The van der Waals surface area contributed by atoms with Crippen molar-refractivity contribution in [2.45, 2.75) is 33.2 Å². The van der Waals surface area contributed by atoms with Crippen LogP contribution in [0, 0.1) is 24.4 Å². The van der Waals surface area contributed by atoms with Gasteiger partial charge in [0.15, 0.2) is 17.5 Å². The number of phenols is 1. The van der Waals surface area contributed by atoms with E-state index in [0.717, 1.165) is 11.0 Å². The number of ether oxygens (including phenoxy) is 1. The van der Waals surface area contributed by atoms with Crippen LogP contribution in [0.5, 0.6) is 5.75 Å². The molecular weight excluding hydrogens is 401 g/mol. The molecule has 0 bridgehead atoms. The highest BCUT2D eigenvalue weighted by atomic mass is 19.2. The van der Waals surface area contributed by atoms with E-state index in [1.165, 1.54) is 17.0 Å². The Labute approximate surface area is 171 Å². The molecule has 1 atom stereocenters. The van der Waals surface area contributed by atoms with Crippen molar-refractivity contribution in [2.24, 2.45) is 0 Å². The van der Waals surface area contributed by atoms with E-state index >= 15 is 0 Å². The molecule has 3 rings (SSSR count). The normalized spacial score (nSPS) is 15.7. The summed E-state index contributed by atoms with van der Waals surface area (Å²) in [5.74, 6) is -5.81. The molecule has 1 N–H and O–H groups in total. The summed E-state index contributed by atoms with van der Waals surface area (Å²) in [6.45, 7) is 5.17. The number of carbonyl (C=O) groups is 2. The fourth-order valence-corrected chi connectivity index (χ4v) is 3.45. The Balaban J connectivity index is 2.16. The quantitative estimate of drug-likeness (QED) is 0.739. The van der Waals surface area contributed by atoms with Crippen molar-refractivity contribution in [3.05, 3.63) is 52.8 Å². The molecule has 1 aliphatic heterocycles. The van der Waals surface area contributed by atoms with E-state index in [9.17, 15) is 27.9 Å². The first-order chi connectivity index (χ1) is 14.2. The molecule has 2 amide bonds. The van der Waals surface area contributed by atoms with Gasteiger partial charge in [-0.15, -0.1) is 0 Å². The molecule has 0 saturated heterocycles. The summed E-state index contributed by atoms with van der Waals surface area (Å²) in [4.78, 5) is 28.2. The third-order valence-electron chi connectivity index (χ3n) is 5.05. The molecule has 30 heavy (non-hydrogen) atoms. The van der Waals surface area contributed by atoms with Crippen LogP contribution in [0.15, 0.2) is 24.3 Å². The second-order valence-electron chi connectivity index (χ2n) is 6.90. The van der Waals surface area contributed by atoms with Crippen LogP contribution in [0.25, 0.3) is 0 Å². The van der Waals surface area contributed by atoms with Crippen LogP contribution in [0.1, 0.15) is 36.2 Å². The molecule has 2 aromatic carbocycles. The molecule has 9 heteroatoms. The van der Waals surface area contributed by atoms with E-state index in [0.29, 0.717) is 18.1 Å². The van der Waals surface area contributed by atoms with Crippen LogP contribution in [-0.4, -0.2) is 36.3 Å². The summed E-state index contributed by atoms with van der Waals surface area (Å²) < 4.78 is 46.4. The molecule has 1 unspecified atom stereocenters. The number of rotatable bonds is 3. The standard InChI is InChI=1S/C21H21F3N2O4/c1-4-12-10-25(20(28)13-6-7-14(22)19(24)18(13)23)15-9-17(27)11(3)8-16(15)26(12)21(29)30-5-2/h6-9,12,27H,4-5,10H2,1-3H3. The highest BCUT2D eigenvalue weighted by Gasteiger charge is 2.38. The number of hydrogen-bond acceptors (Lipinski definition) is 4. The third-order valence-corrected chi connectivity index (χ3v) is 5.05. The maximum absolute atomic E-state index is 14.3. The lowest BCUT2D eigenvalue weighted by Gasteiger charge is -2.41. The van der Waals surface area contributed by atoms with Crippen molar-refractivity contribution in [1.82, 2.24) is 0 Å². The van der Waals surface area contributed by atoms with Crippen LogP contribution < -0.4 is 9.80 Å². The van der Waals surface area contributed by atoms with Gasteiger partial charge in [-0.25, -0.2) is 18.0 Å². The minimum atomic E-state index is -1.75. The number of anilines is 2. The van der Waals surface area contributed by atoms with Crippen molar-refractivity contribution in [3.63, 3.8) is 0 Å². The summed E-state index contributed by atoms with van der Waals surface area (Å²) in [5.41, 5.74) is 0.216. The zero-order valence-corrected chi connectivity index (χ0v) is 16.7. The first kappa shape index (κ1) is 21.5. The SMILES string of the molecule is CCOC(=O)N1c2cc(C)c(O)cc2N(C(=O)c2ccc(F)c(F)c2F)CC1CC. The predicted octanol–water partition coefficient (Wildman–Crippen LogP) is 4.52. The molecule has 1 heterocycles. The predicted molar refractivity (Wildman–Crippen MR) is 104 cm³/mol. The number of carbonyl (C=O) groups excluding carboxylic acids is 2. The number of fused-ring (bicyclic) bond motifs is 1. The van der Waals surface area contributed by atoms with Crippen molar-refractivity contribution in [1.29, 1.82) is 0 Å². The topological polar surface area (TPSA) is 70.1 Å². The van der Waals surface area contributed by atoms with Crippen LogP contribution in [-0.2, 0) is 4.74 Å². The molecular formula is C21H21F3N2O4. The molecule has 0 spiro atoms. The van der Waals surface area contributed by atoms with Gasteiger partial charge in [-0.2, -0.15) is 0 Å². The Morgan fingerprint density at radius 1 is 1.13 bits per heavy atom. The summed E-state index contributed by atoms with van der Waals surface area (Å²) in [7, 11) is 0. The van der Waals surface area contributed by atoms with Gasteiger partial charge >= 0.3 is 6.09 Å². The fourth-order valence-electron chi connectivity index (χ4n) is 3.45. The van der Waals surface area contributed by atoms with Gasteiger partial charge in [-0.05, 0) is 44.0 Å². The first-order valence-electron chi connectivity index (χ1n) is 9.46. The number of phenolic OH excluding ortho intramolecular Hbond substituents is 1. The molecule has 2 aromatic rings. The number of nitrogens with zero attached hydrogens (tertiary/aromatic N) is 2.